The first-order chi connectivity index (χ1) is 17.4. The molecule has 4 N–H and O–H groups in total. The number of aliphatic hydroxyl groups is 1. The summed E-state index contributed by atoms with van der Waals surface area (Å²) in [6, 6.07) is 0. The predicted molar refractivity (Wildman–Crippen MR) is 131 cm³/mol. The summed E-state index contributed by atoms with van der Waals surface area (Å²) in [4.78, 5) is 44.0. The second-order valence-corrected chi connectivity index (χ2v) is 11.3. The zero-order chi connectivity index (χ0) is 27.6. The van der Waals surface area contributed by atoms with Gasteiger partial charge in [0.05, 0.1) is 18.6 Å². The summed E-state index contributed by atoms with van der Waals surface area (Å²) in [5.74, 6) is -4.01. The molecule has 2 fully saturated rings. The summed E-state index contributed by atoms with van der Waals surface area (Å²) in [5.41, 5.74) is -1.65. The molecule has 1 aromatic heterocycles. The van der Waals surface area contributed by atoms with Crippen molar-refractivity contribution in [2.24, 2.45) is 0 Å². The van der Waals surface area contributed by atoms with Crippen LogP contribution >= 0.6 is 0 Å². The number of rotatable bonds is 10. The molecule has 3 heterocycles. The quantitative estimate of drug-likeness (QED) is 0.298. The first-order valence-electron chi connectivity index (χ1n) is 12.0. The van der Waals surface area contributed by atoms with E-state index in [1.165, 1.54) is 19.3 Å². The third-order valence-electron chi connectivity index (χ3n) is 6.11. The summed E-state index contributed by atoms with van der Waals surface area (Å²) in [6.45, 7) is 7.23. The summed E-state index contributed by atoms with van der Waals surface area (Å²) in [6.07, 6.45) is 5.27. The highest BCUT2D eigenvalue weighted by molar-refractivity contribution is 7.89. The van der Waals surface area contributed by atoms with Gasteiger partial charge in [-0.15, -0.1) is 0 Å². The molecule has 0 spiro atoms. The number of sulfonamides is 1. The SMILES string of the molecule is CCS(=O)(=O)N1CCN(Cc2cnc(N3CCCCC3)nc2)CC1.O=C(O)CC(O)(CC(=O)O)C(=O)O. The number of piperazine rings is 1. The van der Waals surface area contributed by atoms with Crippen LogP contribution in [0.4, 0.5) is 5.95 Å². The molecule has 3 rings (SSSR count). The first-order valence-corrected chi connectivity index (χ1v) is 13.6. The Labute approximate surface area is 215 Å². The highest BCUT2D eigenvalue weighted by Gasteiger charge is 2.40. The molecule has 2 aliphatic heterocycles. The van der Waals surface area contributed by atoms with Gasteiger partial charge in [-0.25, -0.2) is 23.2 Å². The van der Waals surface area contributed by atoms with Crippen molar-refractivity contribution < 1.29 is 43.2 Å². The van der Waals surface area contributed by atoms with Gasteiger partial charge in [-0.3, -0.25) is 14.5 Å². The van der Waals surface area contributed by atoms with Crippen LogP contribution < -0.4 is 4.90 Å². The molecule has 0 aromatic carbocycles. The van der Waals surface area contributed by atoms with Crippen molar-refractivity contribution in [3.8, 4) is 0 Å². The fraction of sp³-hybridized carbons (Fsp3) is 0.682. The molecule has 2 aliphatic rings. The number of aliphatic carboxylic acids is 3. The van der Waals surface area contributed by atoms with Gasteiger partial charge in [0.2, 0.25) is 16.0 Å². The average Bonchev–Trinajstić information content (AvgIpc) is 2.85. The second kappa shape index (κ2) is 13.6. The van der Waals surface area contributed by atoms with Gasteiger partial charge in [-0.2, -0.15) is 4.31 Å². The topological polar surface area (TPSA) is 202 Å². The minimum atomic E-state index is -3.06. The van der Waals surface area contributed by atoms with E-state index in [0.29, 0.717) is 13.1 Å². The summed E-state index contributed by atoms with van der Waals surface area (Å²) in [5, 5.41) is 33.8. The maximum atomic E-state index is 11.9. The van der Waals surface area contributed by atoms with Crippen LogP contribution in [0.3, 0.4) is 0 Å². The van der Waals surface area contributed by atoms with Gasteiger partial charge in [0, 0.05) is 63.8 Å². The lowest BCUT2D eigenvalue weighted by Gasteiger charge is -2.33. The molecule has 0 bridgehead atoms. The van der Waals surface area contributed by atoms with E-state index < -0.39 is 46.4 Å². The molecule has 1 aromatic rings. The monoisotopic (exact) mass is 545 g/mol. The number of carboxylic acid groups (broad SMARTS) is 3. The number of anilines is 1. The van der Waals surface area contributed by atoms with Crippen LogP contribution in [-0.4, -0.2) is 117 Å². The molecule has 37 heavy (non-hydrogen) atoms. The summed E-state index contributed by atoms with van der Waals surface area (Å²) < 4.78 is 25.4. The molecular formula is C22H35N5O9S. The Morgan fingerprint density at radius 3 is 1.84 bits per heavy atom. The molecule has 15 heteroatoms. The van der Waals surface area contributed by atoms with Crippen molar-refractivity contribution in [3.63, 3.8) is 0 Å². The van der Waals surface area contributed by atoms with Crippen LogP contribution in [0, 0.1) is 0 Å². The van der Waals surface area contributed by atoms with Gasteiger partial charge >= 0.3 is 17.9 Å². The lowest BCUT2D eigenvalue weighted by atomic mass is 9.96. The van der Waals surface area contributed by atoms with Crippen LogP contribution in [-0.2, 0) is 31.0 Å². The molecular weight excluding hydrogens is 510 g/mol. The van der Waals surface area contributed by atoms with Gasteiger partial charge in [0.15, 0.2) is 5.60 Å². The van der Waals surface area contributed by atoms with Gasteiger partial charge in [0.25, 0.3) is 0 Å². The van der Waals surface area contributed by atoms with Crippen LogP contribution in [0.1, 0.15) is 44.6 Å². The summed E-state index contributed by atoms with van der Waals surface area (Å²) >= 11 is 0. The minimum Gasteiger partial charge on any atom is -0.481 e. The Hall–Kier alpha value is -2.88. The van der Waals surface area contributed by atoms with Gasteiger partial charge in [-0.05, 0) is 26.2 Å². The number of hydrogen-bond acceptors (Lipinski definition) is 10. The lowest BCUT2D eigenvalue weighted by molar-refractivity contribution is -0.170. The Morgan fingerprint density at radius 2 is 1.41 bits per heavy atom. The Kier molecular flexibility index (Phi) is 11.2. The number of piperidine rings is 1. The number of carboxylic acids is 3. The van der Waals surface area contributed by atoms with Gasteiger partial charge in [0.1, 0.15) is 0 Å². The Balaban J connectivity index is 0.000000317. The molecule has 2 saturated heterocycles. The zero-order valence-corrected chi connectivity index (χ0v) is 21.6. The third-order valence-corrected chi connectivity index (χ3v) is 7.99. The molecule has 0 radical (unpaired) electrons. The van der Waals surface area contributed by atoms with E-state index in [1.54, 1.807) is 11.2 Å². The number of aromatic nitrogens is 2. The molecule has 0 saturated carbocycles. The van der Waals surface area contributed by atoms with Crippen molar-refractivity contribution in [1.82, 2.24) is 19.2 Å². The lowest BCUT2D eigenvalue weighted by Crippen LogP contribution is -2.48. The fourth-order valence-electron chi connectivity index (χ4n) is 4.01. The van der Waals surface area contributed by atoms with Crippen molar-refractivity contribution in [2.45, 2.75) is 51.2 Å². The molecule has 208 valence electrons. The van der Waals surface area contributed by atoms with E-state index in [2.05, 4.69) is 19.8 Å². The maximum absolute atomic E-state index is 11.9. The molecule has 0 amide bonds. The predicted octanol–water partition coefficient (Wildman–Crippen LogP) is -0.314. The van der Waals surface area contributed by atoms with E-state index >= 15 is 0 Å². The molecule has 0 atom stereocenters. The van der Waals surface area contributed by atoms with Gasteiger partial charge in [-0.1, -0.05) is 0 Å². The van der Waals surface area contributed by atoms with E-state index in [9.17, 15) is 22.8 Å². The highest BCUT2D eigenvalue weighted by Crippen LogP contribution is 2.17. The average molecular weight is 546 g/mol. The second-order valence-electron chi connectivity index (χ2n) is 8.99. The van der Waals surface area contributed by atoms with Crippen molar-refractivity contribution in [2.75, 3.05) is 49.9 Å². The Morgan fingerprint density at radius 1 is 0.892 bits per heavy atom. The smallest absolute Gasteiger partial charge is 0.336 e. The van der Waals surface area contributed by atoms with E-state index in [1.807, 2.05) is 12.4 Å². The normalized spacial score (nSPS) is 17.5. The standard InChI is InChI=1S/C16H27N5O2S.C6H8O7/c1-2-24(22,23)21-10-8-19(9-11-21)14-15-12-17-16(18-13-15)20-6-4-3-5-7-20;7-3(8)1-6(13,5(11)12)2-4(9)10/h12-13H,2-11,14H2,1H3;13H,1-2H2,(H,7,8)(H,9,10)(H,11,12). The van der Waals surface area contributed by atoms with Crippen molar-refractivity contribution >= 4 is 33.9 Å². The molecule has 0 aliphatic carbocycles. The van der Waals surface area contributed by atoms with E-state index in [4.69, 9.17) is 20.4 Å². The van der Waals surface area contributed by atoms with Gasteiger partial charge < -0.3 is 25.3 Å². The highest BCUT2D eigenvalue weighted by atomic mass is 32.2. The zero-order valence-electron chi connectivity index (χ0n) is 20.8. The van der Waals surface area contributed by atoms with Crippen LogP contribution in [0.2, 0.25) is 0 Å². The summed E-state index contributed by atoms with van der Waals surface area (Å²) in [7, 11) is -3.06. The van der Waals surface area contributed by atoms with E-state index in [0.717, 1.165) is 44.2 Å². The third kappa shape index (κ3) is 9.50. The largest absolute Gasteiger partial charge is 0.481 e. The van der Waals surface area contributed by atoms with Crippen molar-refractivity contribution in [3.05, 3.63) is 18.0 Å². The van der Waals surface area contributed by atoms with Crippen LogP contribution in [0.25, 0.3) is 0 Å². The van der Waals surface area contributed by atoms with Crippen LogP contribution in [0.15, 0.2) is 12.4 Å². The van der Waals surface area contributed by atoms with E-state index in [-0.39, 0.29) is 5.75 Å². The fourth-order valence-corrected chi connectivity index (χ4v) is 5.09. The number of nitrogens with zero attached hydrogens (tertiary/aromatic N) is 5. The first kappa shape index (κ1) is 30.3. The molecule has 14 nitrogen and oxygen atoms in total. The number of carbonyl (C=O) groups is 3. The minimum absolute atomic E-state index is 0.179. The Bertz CT molecular complexity index is 1010. The number of hydrogen-bond donors (Lipinski definition) is 4. The molecule has 0 unspecified atom stereocenters. The maximum Gasteiger partial charge on any atom is 0.336 e. The van der Waals surface area contributed by atoms with Crippen molar-refractivity contribution in [1.29, 1.82) is 0 Å². The van der Waals surface area contributed by atoms with Crippen LogP contribution in [0.5, 0.6) is 0 Å².